The number of rotatable bonds is 4. The first-order chi connectivity index (χ1) is 11.8. The van der Waals surface area contributed by atoms with E-state index in [4.69, 9.17) is 0 Å². The molecule has 2 heterocycles. The van der Waals surface area contributed by atoms with Gasteiger partial charge in [0.2, 0.25) is 0 Å². The van der Waals surface area contributed by atoms with Crippen LogP contribution in [0.15, 0.2) is 12.4 Å². The molecule has 25 heavy (non-hydrogen) atoms. The van der Waals surface area contributed by atoms with Crippen LogP contribution in [0, 0.1) is 12.8 Å². The van der Waals surface area contributed by atoms with Crippen molar-refractivity contribution in [2.24, 2.45) is 13.0 Å². The zero-order valence-corrected chi connectivity index (χ0v) is 15.4. The molecule has 0 aliphatic heterocycles. The summed E-state index contributed by atoms with van der Waals surface area (Å²) in [7, 11) is 1.82. The fourth-order valence-electron chi connectivity index (χ4n) is 3.18. The van der Waals surface area contributed by atoms with Gasteiger partial charge in [0.05, 0.1) is 11.9 Å². The van der Waals surface area contributed by atoms with Gasteiger partial charge in [0.1, 0.15) is 15.4 Å². The molecule has 0 unspecified atom stereocenters. The minimum Gasteiger partial charge on any atom is -0.480 e. The fraction of sp³-hybridized carbons (Fsp3) is 0.529. The van der Waals surface area contributed by atoms with Crippen LogP contribution < -0.4 is 5.32 Å². The number of aliphatic carboxylic acids is 1. The van der Waals surface area contributed by atoms with Crippen molar-refractivity contribution < 1.29 is 14.7 Å². The van der Waals surface area contributed by atoms with Crippen LogP contribution in [0.4, 0.5) is 0 Å². The summed E-state index contributed by atoms with van der Waals surface area (Å²) in [5.41, 5.74) is 0.272. The second-order valence-electron chi connectivity index (χ2n) is 6.86. The normalized spacial score (nSPS) is 23.4. The summed E-state index contributed by atoms with van der Waals surface area (Å²) < 4.78 is 1.68. The number of carboxylic acids is 1. The molecule has 0 atom stereocenters. The number of carboxylic acid groups (broad SMARTS) is 1. The fourth-order valence-corrected chi connectivity index (χ4v) is 4.12. The van der Waals surface area contributed by atoms with Crippen molar-refractivity contribution in [3.63, 3.8) is 0 Å². The van der Waals surface area contributed by atoms with E-state index in [0.717, 1.165) is 18.4 Å². The second kappa shape index (κ2) is 6.59. The molecule has 3 rings (SSSR count). The summed E-state index contributed by atoms with van der Waals surface area (Å²) in [6, 6.07) is 0. The molecule has 1 saturated carbocycles. The Hall–Kier alpha value is -2.22. The lowest BCUT2D eigenvalue weighted by Gasteiger charge is -2.36. The van der Waals surface area contributed by atoms with Crippen LogP contribution in [0.2, 0.25) is 0 Å². The number of carbonyl (C=O) groups excluding carboxylic acids is 1. The average Bonchev–Trinajstić information content (AvgIpc) is 3.15. The molecule has 0 radical (unpaired) electrons. The molecule has 1 fully saturated rings. The first-order valence-electron chi connectivity index (χ1n) is 8.33. The number of aryl methyl sites for hydroxylation is 2. The summed E-state index contributed by atoms with van der Waals surface area (Å²) in [5.74, 6) is -0.823. The molecule has 0 bridgehead atoms. The summed E-state index contributed by atoms with van der Waals surface area (Å²) in [5, 5.41) is 17.3. The number of hydrogen-bond donors (Lipinski definition) is 2. The predicted molar refractivity (Wildman–Crippen MR) is 94.5 cm³/mol. The molecule has 2 aromatic rings. The lowest BCUT2D eigenvalue weighted by Crippen LogP contribution is -2.56. The van der Waals surface area contributed by atoms with Gasteiger partial charge in [-0.25, -0.2) is 9.78 Å². The van der Waals surface area contributed by atoms with Crippen molar-refractivity contribution in [3.8, 4) is 10.6 Å². The molecule has 1 amide bonds. The van der Waals surface area contributed by atoms with Gasteiger partial charge in [-0.1, -0.05) is 6.92 Å². The van der Waals surface area contributed by atoms with E-state index >= 15 is 0 Å². The van der Waals surface area contributed by atoms with Crippen LogP contribution in [-0.2, 0) is 11.8 Å². The van der Waals surface area contributed by atoms with E-state index in [9.17, 15) is 14.7 Å². The maximum atomic E-state index is 12.7. The monoisotopic (exact) mass is 362 g/mol. The van der Waals surface area contributed by atoms with Crippen LogP contribution in [0.3, 0.4) is 0 Å². The van der Waals surface area contributed by atoms with Crippen molar-refractivity contribution in [3.05, 3.63) is 23.0 Å². The van der Waals surface area contributed by atoms with Gasteiger partial charge in [-0.3, -0.25) is 9.48 Å². The number of thiazole rings is 1. The second-order valence-corrected chi connectivity index (χ2v) is 7.86. The van der Waals surface area contributed by atoms with Gasteiger partial charge >= 0.3 is 5.97 Å². The van der Waals surface area contributed by atoms with Crippen LogP contribution in [0.1, 0.15) is 48.0 Å². The average molecular weight is 362 g/mol. The summed E-state index contributed by atoms with van der Waals surface area (Å²) in [6.07, 6.45) is 6.05. The number of carbonyl (C=O) groups is 2. The van der Waals surface area contributed by atoms with E-state index < -0.39 is 11.5 Å². The van der Waals surface area contributed by atoms with Crippen LogP contribution in [0.5, 0.6) is 0 Å². The minimum absolute atomic E-state index is 0.359. The Balaban J connectivity index is 1.83. The van der Waals surface area contributed by atoms with Crippen LogP contribution in [0.25, 0.3) is 10.6 Å². The van der Waals surface area contributed by atoms with Crippen molar-refractivity contribution in [1.29, 1.82) is 0 Å². The lowest BCUT2D eigenvalue weighted by molar-refractivity contribution is -0.146. The summed E-state index contributed by atoms with van der Waals surface area (Å²) in [4.78, 5) is 29.5. The van der Waals surface area contributed by atoms with Gasteiger partial charge in [-0.05, 0) is 38.5 Å². The molecule has 7 nitrogen and oxygen atoms in total. The van der Waals surface area contributed by atoms with Crippen molar-refractivity contribution >= 4 is 23.2 Å². The molecule has 0 spiro atoms. The third-order valence-electron chi connectivity index (χ3n) is 4.84. The minimum atomic E-state index is -1.17. The SMILES string of the molecule is Cc1nc(-c2cnn(C)c2)sc1C(=O)NC1(C(=O)O)CCC(C)CC1. The first-order valence-corrected chi connectivity index (χ1v) is 9.15. The lowest BCUT2D eigenvalue weighted by atomic mass is 9.77. The highest BCUT2D eigenvalue weighted by Crippen LogP contribution is 2.33. The number of hydrogen-bond acceptors (Lipinski definition) is 5. The van der Waals surface area contributed by atoms with E-state index in [-0.39, 0.29) is 5.91 Å². The number of nitrogens with one attached hydrogen (secondary N) is 1. The van der Waals surface area contributed by atoms with Gasteiger partial charge in [-0.2, -0.15) is 5.10 Å². The largest absolute Gasteiger partial charge is 0.480 e. The molecule has 134 valence electrons. The van der Waals surface area contributed by atoms with Crippen LogP contribution in [-0.4, -0.2) is 37.3 Å². The molecule has 0 aromatic carbocycles. The summed E-state index contributed by atoms with van der Waals surface area (Å²) in [6.45, 7) is 3.88. The molecular weight excluding hydrogens is 340 g/mol. The quantitative estimate of drug-likeness (QED) is 0.871. The Kier molecular flexibility index (Phi) is 4.64. The molecule has 2 aromatic heterocycles. The number of amides is 1. The van der Waals surface area contributed by atoms with E-state index in [1.54, 1.807) is 17.8 Å². The Morgan fingerprint density at radius 3 is 2.64 bits per heavy atom. The van der Waals surface area contributed by atoms with Gasteiger partial charge in [-0.15, -0.1) is 11.3 Å². The molecule has 8 heteroatoms. The smallest absolute Gasteiger partial charge is 0.329 e. The third kappa shape index (κ3) is 3.44. The standard InChI is InChI=1S/C17H22N4O3S/c1-10-4-6-17(7-5-10,16(23)24)20-14(22)13-11(2)19-15(25-13)12-8-18-21(3)9-12/h8-10H,4-7H2,1-3H3,(H,20,22)(H,23,24). The van der Waals surface area contributed by atoms with Gasteiger partial charge in [0, 0.05) is 18.8 Å². The number of nitrogens with zero attached hydrogens (tertiary/aromatic N) is 3. The first kappa shape index (κ1) is 17.6. The zero-order chi connectivity index (χ0) is 18.2. The molecule has 2 N–H and O–H groups in total. The maximum Gasteiger partial charge on any atom is 0.329 e. The van der Waals surface area contributed by atoms with E-state index in [1.807, 2.05) is 13.2 Å². The van der Waals surface area contributed by atoms with Crippen molar-refractivity contribution in [2.45, 2.75) is 45.1 Å². The Labute approximate surface area is 150 Å². The Morgan fingerprint density at radius 1 is 1.40 bits per heavy atom. The topological polar surface area (TPSA) is 97.1 Å². The van der Waals surface area contributed by atoms with Gasteiger partial charge < -0.3 is 10.4 Å². The zero-order valence-electron chi connectivity index (χ0n) is 14.6. The predicted octanol–water partition coefficient (Wildman–Crippen LogP) is 2.62. The summed E-state index contributed by atoms with van der Waals surface area (Å²) >= 11 is 1.26. The molecule has 1 aliphatic carbocycles. The maximum absolute atomic E-state index is 12.7. The van der Waals surface area contributed by atoms with E-state index in [2.05, 4.69) is 22.3 Å². The highest BCUT2D eigenvalue weighted by Gasteiger charge is 2.43. The molecule has 1 aliphatic rings. The van der Waals surface area contributed by atoms with E-state index in [1.165, 1.54) is 11.3 Å². The van der Waals surface area contributed by atoms with Gasteiger partial charge in [0.25, 0.3) is 5.91 Å². The van der Waals surface area contributed by atoms with Gasteiger partial charge in [0.15, 0.2) is 0 Å². The third-order valence-corrected chi connectivity index (χ3v) is 6.05. The Morgan fingerprint density at radius 2 is 2.08 bits per heavy atom. The molecular formula is C17H22N4O3S. The highest BCUT2D eigenvalue weighted by molar-refractivity contribution is 7.17. The highest BCUT2D eigenvalue weighted by atomic mass is 32.1. The Bertz CT molecular complexity index is 803. The molecule has 0 saturated heterocycles. The van der Waals surface area contributed by atoms with Crippen molar-refractivity contribution in [1.82, 2.24) is 20.1 Å². The van der Waals surface area contributed by atoms with Crippen LogP contribution >= 0.6 is 11.3 Å². The number of aromatic nitrogens is 3. The van der Waals surface area contributed by atoms with Crippen molar-refractivity contribution in [2.75, 3.05) is 0 Å². The van der Waals surface area contributed by atoms with E-state index in [0.29, 0.717) is 34.3 Å².